The van der Waals surface area contributed by atoms with Gasteiger partial charge in [-0.15, -0.1) is 0 Å². The summed E-state index contributed by atoms with van der Waals surface area (Å²) in [5, 5.41) is 0.966. The molecular formula is C19H23Cl2NO3. The van der Waals surface area contributed by atoms with Gasteiger partial charge in [0.2, 0.25) is 0 Å². The van der Waals surface area contributed by atoms with Gasteiger partial charge in [0.05, 0.1) is 23.3 Å². The molecule has 3 rings (SSSR count). The summed E-state index contributed by atoms with van der Waals surface area (Å²) in [5.74, 6) is -0.309. The SMILES string of the molecule is O=C(C=Cc1ccc(Cl)c(Cl)c1)O[C@@H]1CCCC[C@H]1N1CCOCC1. The maximum Gasteiger partial charge on any atom is 0.331 e. The number of nitrogens with zero attached hydrogens (tertiary/aromatic N) is 1. The van der Waals surface area contributed by atoms with Gasteiger partial charge in [-0.1, -0.05) is 35.7 Å². The summed E-state index contributed by atoms with van der Waals surface area (Å²) < 4.78 is 11.2. The van der Waals surface area contributed by atoms with Crippen molar-refractivity contribution >= 4 is 35.2 Å². The first-order chi connectivity index (χ1) is 12.1. The Morgan fingerprint density at radius 3 is 2.68 bits per heavy atom. The molecule has 1 aromatic rings. The van der Waals surface area contributed by atoms with E-state index >= 15 is 0 Å². The second-order valence-corrected chi connectivity index (χ2v) is 7.30. The molecule has 1 heterocycles. The van der Waals surface area contributed by atoms with Crippen LogP contribution in [0.2, 0.25) is 10.0 Å². The van der Waals surface area contributed by atoms with Crippen LogP contribution in [0.25, 0.3) is 6.08 Å². The van der Waals surface area contributed by atoms with Crippen molar-refractivity contribution in [1.82, 2.24) is 4.90 Å². The molecule has 0 spiro atoms. The Morgan fingerprint density at radius 2 is 1.92 bits per heavy atom. The summed E-state index contributed by atoms with van der Waals surface area (Å²) in [6.45, 7) is 3.35. The summed E-state index contributed by atoms with van der Waals surface area (Å²) in [5.41, 5.74) is 0.819. The smallest absolute Gasteiger partial charge is 0.331 e. The van der Waals surface area contributed by atoms with Gasteiger partial charge < -0.3 is 9.47 Å². The maximum atomic E-state index is 12.3. The Hall–Kier alpha value is -1.07. The van der Waals surface area contributed by atoms with Crippen LogP contribution in [0.3, 0.4) is 0 Å². The third kappa shape index (κ3) is 5.20. The number of carbonyl (C=O) groups excluding carboxylic acids is 1. The van der Waals surface area contributed by atoms with Gasteiger partial charge in [0.1, 0.15) is 6.10 Å². The van der Waals surface area contributed by atoms with Crippen LogP contribution in [0.4, 0.5) is 0 Å². The van der Waals surface area contributed by atoms with Crippen molar-refractivity contribution in [3.63, 3.8) is 0 Å². The molecule has 1 saturated carbocycles. The Labute approximate surface area is 158 Å². The minimum absolute atomic E-state index is 0.0437. The molecule has 1 saturated heterocycles. The van der Waals surface area contributed by atoms with Gasteiger partial charge in [-0.2, -0.15) is 0 Å². The number of morpholine rings is 1. The minimum atomic E-state index is -0.309. The van der Waals surface area contributed by atoms with Crippen molar-refractivity contribution in [2.45, 2.75) is 37.8 Å². The number of benzene rings is 1. The van der Waals surface area contributed by atoms with Crippen LogP contribution in [-0.4, -0.2) is 49.3 Å². The number of hydrogen-bond donors (Lipinski definition) is 0. The first-order valence-corrected chi connectivity index (χ1v) is 9.54. The van der Waals surface area contributed by atoms with E-state index in [1.54, 1.807) is 18.2 Å². The van der Waals surface area contributed by atoms with E-state index < -0.39 is 0 Å². The average Bonchev–Trinajstić information content (AvgIpc) is 2.64. The highest BCUT2D eigenvalue weighted by Crippen LogP contribution is 2.27. The van der Waals surface area contributed by atoms with E-state index in [0.29, 0.717) is 16.1 Å². The summed E-state index contributed by atoms with van der Waals surface area (Å²) >= 11 is 11.9. The van der Waals surface area contributed by atoms with Gasteiger partial charge in [-0.3, -0.25) is 4.90 Å². The maximum absolute atomic E-state index is 12.3. The molecule has 0 radical (unpaired) electrons. The third-order valence-electron chi connectivity index (χ3n) is 4.81. The molecule has 0 amide bonds. The third-order valence-corrected chi connectivity index (χ3v) is 5.54. The lowest BCUT2D eigenvalue weighted by Crippen LogP contribution is -2.51. The molecule has 2 atom stereocenters. The normalized spacial score (nSPS) is 25.2. The minimum Gasteiger partial charge on any atom is -0.458 e. The molecule has 0 bridgehead atoms. The standard InChI is InChI=1S/C19H23Cl2NO3/c20-15-7-5-14(13-16(15)21)6-8-19(23)25-18-4-2-1-3-17(18)22-9-11-24-12-10-22/h5-8,13,17-18H,1-4,9-12H2/t17-,18-/m1/s1. The summed E-state index contributed by atoms with van der Waals surface area (Å²) in [6, 6.07) is 5.56. The van der Waals surface area contributed by atoms with Crippen molar-refractivity contribution < 1.29 is 14.3 Å². The molecular weight excluding hydrogens is 361 g/mol. The summed E-state index contributed by atoms with van der Waals surface area (Å²) in [7, 11) is 0. The van der Waals surface area contributed by atoms with E-state index in [4.69, 9.17) is 32.7 Å². The molecule has 25 heavy (non-hydrogen) atoms. The predicted molar refractivity (Wildman–Crippen MR) is 100 cm³/mol. The topological polar surface area (TPSA) is 38.8 Å². The monoisotopic (exact) mass is 383 g/mol. The van der Waals surface area contributed by atoms with Crippen molar-refractivity contribution in [2.75, 3.05) is 26.3 Å². The van der Waals surface area contributed by atoms with Crippen LogP contribution < -0.4 is 0 Å². The van der Waals surface area contributed by atoms with Gasteiger partial charge in [0, 0.05) is 25.2 Å². The van der Waals surface area contributed by atoms with Crippen molar-refractivity contribution in [1.29, 1.82) is 0 Å². The highest BCUT2D eigenvalue weighted by molar-refractivity contribution is 6.42. The van der Waals surface area contributed by atoms with Crippen molar-refractivity contribution in [3.8, 4) is 0 Å². The molecule has 1 aromatic carbocycles. The molecule has 2 fully saturated rings. The van der Waals surface area contributed by atoms with E-state index in [2.05, 4.69) is 4.90 Å². The summed E-state index contributed by atoms with van der Waals surface area (Å²) in [4.78, 5) is 14.7. The lowest BCUT2D eigenvalue weighted by Gasteiger charge is -2.40. The molecule has 4 nitrogen and oxygen atoms in total. The zero-order chi connectivity index (χ0) is 17.6. The fourth-order valence-corrected chi connectivity index (χ4v) is 3.82. The lowest BCUT2D eigenvalue weighted by molar-refractivity contribution is -0.149. The molecule has 2 aliphatic rings. The Bertz CT molecular complexity index is 629. The van der Waals surface area contributed by atoms with E-state index in [1.165, 1.54) is 12.5 Å². The first-order valence-electron chi connectivity index (χ1n) is 8.79. The van der Waals surface area contributed by atoms with Crippen LogP contribution in [0, 0.1) is 0 Å². The van der Waals surface area contributed by atoms with Crippen LogP contribution in [0.5, 0.6) is 0 Å². The van der Waals surface area contributed by atoms with Crippen LogP contribution in [0.15, 0.2) is 24.3 Å². The van der Waals surface area contributed by atoms with Crippen LogP contribution in [0.1, 0.15) is 31.2 Å². The molecule has 0 aromatic heterocycles. The first kappa shape index (κ1) is 18.7. The quantitative estimate of drug-likeness (QED) is 0.576. The fraction of sp³-hybridized carbons (Fsp3) is 0.526. The molecule has 6 heteroatoms. The van der Waals surface area contributed by atoms with Gasteiger partial charge in [0.25, 0.3) is 0 Å². The molecule has 0 unspecified atom stereocenters. The van der Waals surface area contributed by atoms with Crippen LogP contribution in [-0.2, 0) is 14.3 Å². The number of carbonyl (C=O) groups is 1. The number of rotatable bonds is 4. The van der Waals surface area contributed by atoms with E-state index in [9.17, 15) is 4.79 Å². The highest BCUT2D eigenvalue weighted by Gasteiger charge is 2.33. The highest BCUT2D eigenvalue weighted by atomic mass is 35.5. The van der Waals surface area contributed by atoms with E-state index in [-0.39, 0.29) is 12.1 Å². The second-order valence-electron chi connectivity index (χ2n) is 6.48. The van der Waals surface area contributed by atoms with Gasteiger partial charge in [-0.25, -0.2) is 4.79 Å². The van der Waals surface area contributed by atoms with Crippen molar-refractivity contribution in [2.24, 2.45) is 0 Å². The number of halogens is 2. The van der Waals surface area contributed by atoms with Gasteiger partial charge in [-0.05, 0) is 43.0 Å². The molecule has 136 valence electrons. The van der Waals surface area contributed by atoms with Gasteiger partial charge in [0.15, 0.2) is 0 Å². The second kappa shape index (κ2) is 9.04. The summed E-state index contributed by atoms with van der Waals surface area (Å²) in [6.07, 6.45) is 7.42. The molecule has 0 N–H and O–H groups in total. The van der Waals surface area contributed by atoms with E-state index in [1.807, 2.05) is 6.07 Å². The zero-order valence-electron chi connectivity index (χ0n) is 14.1. The molecule has 1 aliphatic carbocycles. The Balaban J connectivity index is 1.59. The van der Waals surface area contributed by atoms with Crippen molar-refractivity contribution in [3.05, 3.63) is 39.9 Å². The fourth-order valence-electron chi connectivity index (χ4n) is 3.51. The largest absolute Gasteiger partial charge is 0.458 e. The number of ether oxygens (including phenoxy) is 2. The molecule has 1 aliphatic heterocycles. The Kier molecular flexibility index (Phi) is 6.77. The number of esters is 1. The lowest BCUT2D eigenvalue weighted by atomic mass is 9.91. The number of hydrogen-bond acceptors (Lipinski definition) is 4. The van der Waals surface area contributed by atoms with E-state index in [0.717, 1.165) is 51.1 Å². The Morgan fingerprint density at radius 1 is 1.16 bits per heavy atom. The van der Waals surface area contributed by atoms with Gasteiger partial charge >= 0.3 is 5.97 Å². The predicted octanol–water partition coefficient (Wildman–Crippen LogP) is 4.19. The zero-order valence-corrected chi connectivity index (χ0v) is 15.6. The van der Waals surface area contributed by atoms with Crippen LogP contribution >= 0.6 is 23.2 Å². The average molecular weight is 384 g/mol.